The summed E-state index contributed by atoms with van der Waals surface area (Å²) >= 11 is 1.06. The van der Waals surface area contributed by atoms with Crippen molar-refractivity contribution in [1.29, 1.82) is 0 Å². The highest BCUT2D eigenvalue weighted by atomic mass is 32.2. The van der Waals surface area contributed by atoms with Crippen LogP contribution < -0.4 is 0 Å². The van der Waals surface area contributed by atoms with E-state index in [0.717, 1.165) is 11.3 Å². The van der Waals surface area contributed by atoms with Gasteiger partial charge in [-0.15, -0.1) is 11.3 Å². The zero-order valence-electron chi connectivity index (χ0n) is 7.71. The van der Waals surface area contributed by atoms with Crippen LogP contribution in [0.2, 0.25) is 0 Å². The predicted molar refractivity (Wildman–Crippen MR) is 55.1 cm³/mol. The second-order valence-electron chi connectivity index (χ2n) is 3.47. The smallest absolute Gasteiger partial charge is 0.347 e. The van der Waals surface area contributed by atoms with Gasteiger partial charge in [-0.2, -0.15) is 0 Å². The topological polar surface area (TPSA) is 84.3 Å². The van der Waals surface area contributed by atoms with Crippen LogP contribution in [-0.2, 0) is 9.84 Å². The van der Waals surface area contributed by atoms with Crippen molar-refractivity contribution in [2.45, 2.75) is 12.3 Å². The van der Waals surface area contributed by atoms with Crippen molar-refractivity contribution in [2.75, 3.05) is 11.5 Å². The molecule has 1 unspecified atom stereocenters. The maximum absolute atomic E-state index is 11.2. The van der Waals surface area contributed by atoms with Crippen LogP contribution in [0.1, 0.15) is 27.0 Å². The summed E-state index contributed by atoms with van der Waals surface area (Å²) in [6.07, 6.45) is 1.84. The molecule has 1 fully saturated rings. The molecule has 1 N–H and O–H groups in total. The number of hydrogen-bond donors (Lipinski definition) is 1. The van der Waals surface area contributed by atoms with Crippen molar-refractivity contribution in [2.24, 2.45) is 0 Å². The first kappa shape index (κ1) is 10.6. The van der Waals surface area contributed by atoms with E-state index in [-0.39, 0.29) is 22.3 Å². The minimum Gasteiger partial charge on any atom is -0.477 e. The molecule has 0 aromatic carbocycles. The molecule has 0 bridgehead atoms. The van der Waals surface area contributed by atoms with E-state index < -0.39 is 15.8 Å². The van der Waals surface area contributed by atoms with E-state index >= 15 is 0 Å². The number of hydrogen-bond acceptors (Lipinski definition) is 5. The Kier molecular flexibility index (Phi) is 2.51. The molecule has 1 atom stereocenters. The van der Waals surface area contributed by atoms with Gasteiger partial charge in [0.1, 0.15) is 4.88 Å². The van der Waals surface area contributed by atoms with Crippen molar-refractivity contribution in [3.8, 4) is 0 Å². The summed E-state index contributed by atoms with van der Waals surface area (Å²) in [5.74, 6) is -0.855. The average Bonchev–Trinajstić information content (AvgIpc) is 2.70. The van der Waals surface area contributed by atoms with E-state index in [1.165, 1.54) is 6.20 Å². The fourth-order valence-electron chi connectivity index (χ4n) is 1.57. The summed E-state index contributed by atoms with van der Waals surface area (Å²) in [5.41, 5.74) is 0. The quantitative estimate of drug-likeness (QED) is 0.833. The highest BCUT2D eigenvalue weighted by molar-refractivity contribution is 7.91. The summed E-state index contributed by atoms with van der Waals surface area (Å²) < 4.78 is 22.4. The molecule has 0 radical (unpaired) electrons. The molecule has 82 valence electrons. The van der Waals surface area contributed by atoms with Crippen molar-refractivity contribution in [1.82, 2.24) is 4.98 Å². The zero-order chi connectivity index (χ0) is 11.1. The van der Waals surface area contributed by atoms with E-state index in [9.17, 15) is 13.2 Å². The van der Waals surface area contributed by atoms with Crippen LogP contribution in [0, 0.1) is 0 Å². The molecule has 1 aromatic heterocycles. The second kappa shape index (κ2) is 3.57. The molecule has 0 aliphatic carbocycles. The van der Waals surface area contributed by atoms with Crippen LogP contribution in [0.15, 0.2) is 6.20 Å². The van der Waals surface area contributed by atoms with E-state index in [4.69, 9.17) is 5.11 Å². The lowest BCUT2D eigenvalue weighted by Crippen LogP contribution is -2.03. The van der Waals surface area contributed by atoms with E-state index in [1.54, 1.807) is 0 Å². The lowest BCUT2D eigenvalue weighted by atomic mass is 10.1. The molecule has 2 rings (SSSR count). The molecule has 7 heteroatoms. The number of nitrogens with zero attached hydrogens (tertiary/aromatic N) is 1. The van der Waals surface area contributed by atoms with Crippen LogP contribution in [0.4, 0.5) is 0 Å². The Morgan fingerprint density at radius 1 is 1.60 bits per heavy atom. The Morgan fingerprint density at radius 2 is 2.33 bits per heavy atom. The predicted octanol–water partition coefficient (Wildman–Crippen LogP) is 0.743. The van der Waals surface area contributed by atoms with Gasteiger partial charge in [-0.1, -0.05) is 0 Å². The van der Waals surface area contributed by atoms with Gasteiger partial charge in [0.25, 0.3) is 0 Å². The van der Waals surface area contributed by atoms with Crippen LogP contribution in [0.25, 0.3) is 0 Å². The van der Waals surface area contributed by atoms with Gasteiger partial charge in [0.2, 0.25) is 0 Å². The number of carbonyl (C=O) groups is 1. The van der Waals surface area contributed by atoms with Gasteiger partial charge in [0, 0.05) is 5.92 Å². The monoisotopic (exact) mass is 247 g/mol. The molecule has 5 nitrogen and oxygen atoms in total. The molecule has 1 aliphatic heterocycles. The third kappa shape index (κ3) is 2.18. The second-order valence-corrected chi connectivity index (χ2v) is 6.76. The molecule has 1 aliphatic rings. The number of sulfone groups is 1. The van der Waals surface area contributed by atoms with Gasteiger partial charge in [-0.25, -0.2) is 18.2 Å². The van der Waals surface area contributed by atoms with Crippen LogP contribution in [0.3, 0.4) is 0 Å². The molecule has 1 saturated heterocycles. The standard InChI is InChI=1S/C8H9NO4S2/c10-8(11)6-3-9-7(14-6)5-1-2-15(12,13)4-5/h3,5H,1-2,4H2,(H,10,11). The maximum atomic E-state index is 11.2. The third-order valence-electron chi connectivity index (χ3n) is 2.32. The Morgan fingerprint density at radius 3 is 2.80 bits per heavy atom. The first-order valence-electron chi connectivity index (χ1n) is 4.37. The van der Waals surface area contributed by atoms with Crippen LogP contribution in [0.5, 0.6) is 0 Å². The van der Waals surface area contributed by atoms with Gasteiger partial charge < -0.3 is 5.11 Å². The van der Waals surface area contributed by atoms with Gasteiger partial charge in [-0.05, 0) is 6.42 Å². The van der Waals surface area contributed by atoms with Crippen molar-refractivity contribution >= 4 is 27.1 Å². The fraction of sp³-hybridized carbons (Fsp3) is 0.500. The van der Waals surface area contributed by atoms with E-state index in [0.29, 0.717) is 11.4 Å². The molecule has 0 amide bonds. The number of thiazole rings is 1. The Labute approximate surface area is 90.7 Å². The van der Waals surface area contributed by atoms with Gasteiger partial charge in [-0.3, -0.25) is 0 Å². The van der Waals surface area contributed by atoms with Gasteiger partial charge in [0.15, 0.2) is 9.84 Å². The summed E-state index contributed by atoms with van der Waals surface area (Å²) in [5, 5.41) is 9.31. The van der Waals surface area contributed by atoms with Crippen molar-refractivity contribution in [3.63, 3.8) is 0 Å². The van der Waals surface area contributed by atoms with Crippen LogP contribution >= 0.6 is 11.3 Å². The molecule has 0 saturated carbocycles. The number of carboxylic acid groups (broad SMARTS) is 1. The number of aromatic carboxylic acids is 1. The first-order valence-corrected chi connectivity index (χ1v) is 7.01. The minimum atomic E-state index is -2.94. The van der Waals surface area contributed by atoms with E-state index in [2.05, 4.69) is 4.98 Å². The summed E-state index contributed by atoms with van der Waals surface area (Å²) in [6, 6.07) is 0. The van der Waals surface area contributed by atoms with E-state index in [1.807, 2.05) is 0 Å². The largest absolute Gasteiger partial charge is 0.477 e. The molecule has 2 heterocycles. The minimum absolute atomic E-state index is 0.0968. The summed E-state index contributed by atoms with van der Waals surface area (Å²) in [7, 11) is -2.94. The van der Waals surface area contributed by atoms with Gasteiger partial charge in [0.05, 0.1) is 22.7 Å². The number of carboxylic acids is 1. The third-order valence-corrected chi connectivity index (χ3v) is 5.23. The van der Waals surface area contributed by atoms with Crippen LogP contribution in [-0.4, -0.2) is 36.0 Å². The zero-order valence-corrected chi connectivity index (χ0v) is 9.34. The molecular formula is C8H9NO4S2. The highest BCUT2D eigenvalue weighted by Crippen LogP contribution is 2.31. The molecule has 15 heavy (non-hydrogen) atoms. The fourth-order valence-corrected chi connectivity index (χ4v) is 4.31. The summed E-state index contributed by atoms with van der Waals surface area (Å²) in [4.78, 5) is 14.7. The maximum Gasteiger partial charge on any atom is 0.347 e. The molecule has 1 aromatic rings. The molecule has 0 spiro atoms. The number of rotatable bonds is 2. The SMILES string of the molecule is O=C(O)c1cnc(C2CCS(=O)(=O)C2)s1. The highest BCUT2D eigenvalue weighted by Gasteiger charge is 2.31. The Hall–Kier alpha value is -0.950. The van der Waals surface area contributed by atoms with Crippen molar-refractivity contribution < 1.29 is 18.3 Å². The lowest BCUT2D eigenvalue weighted by Gasteiger charge is -2.00. The average molecular weight is 247 g/mol. The Balaban J connectivity index is 2.21. The molecular weight excluding hydrogens is 238 g/mol. The lowest BCUT2D eigenvalue weighted by molar-refractivity contribution is 0.0702. The normalized spacial score (nSPS) is 24.1. The first-order chi connectivity index (χ1) is 6.98. The number of aromatic nitrogens is 1. The van der Waals surface area contributed by atoms with Gasteiger partial charge >= 0.3 is 5.97 Å². The Bertz CT molecular complexity index is 490. The summed E-state index contributed by atoms with van der Waals surface area (Å²) in [6.45, 7) is 0. The van der Waals surface area contributed by atoms with Crippen molar-refractivity contribution in [3.05, 3.63) is 16.1 Å².